The summed E-state index contributed by atoms with van der Waals surface area (Å²) >= 11 is 0. The molecule has 0 bridgehead atoms. The topological polar surface area (TPSA) is 119 Å². The van der Waals surface area contributed by atoms with Crippen molar-refractivity contribution in [2.75, 3.05) is 17.7 Å². The van der Waals surface area contributed by atoms with Crippen LogP contribution in [0.3, 0.4) is 0 Å². The van der Waals surface area contributed by atoms with Gasteiger partial charge in [-0.05, 0) is 44.0 Å². The average molecular weight is 384 g/mol. The first-order valence-electron chi connectivity index (χ1n) is 7.76. The number of nitrogens with zero attached hydrogens (tertiary/aromatic N) is 1. The summed E-state index contributed by atoms with van der Waals surface area (Å²) in [6, 6.07) is 4.26. The number of hydrogen-bond acceptors (Lipinski definition) is 7. The largest absolute Gasteiger partial charge is 0.453 e. The molecule has 142 valence electrons. The van der Waals surface area contributed by atoms with Gasteiger partial charge in [0.25, 0.3) is 5.91 Å². The van der Waals surface area contributed by atoms with Gasteiger partial charge in [-0.2, -0.15) is 0 Å². The molecule has 1 aliphatic heterocycles. The molecule has 1 aliphatic rings. The van der Waals surface area contributed by atoms with E-state index in [2.05, 4.69) is 4.74 Å². The summed E-state index contributed by atoms with van der Waals surface area (Å²) in [5.74, 6) is -1.57. The zero-order valence-corrected chi connectivity index (χ0v) is 15.6. The number of carbonyl (C=O) groups is 3. The highest BCUT2D eigenvalue weighted by molar-refractivity contribution is 7.92. The van der Waals surface area contributed by atoms with Crippen LogP contribution in [-0.4, -0.2) is 51.9 Å². The van der Waals surface area contributed by atoms with Crippen molar-refractivity contribution in [1.82, 2.24) is 5.32 Å². The molecule has 9 nitrogen and oxygen atoms in total. The lowest BCUT2D eigenvalue weighted by Gasteiger charge is -2.22. The molecule has 26 heavy (non-hydrogen) atoms. The minimum Gasteiger partial charge on any atom is -0.453 e. The van der Waals surface area contributed by atoms with Crippen molar-refractivity contribution in [1.29, 1.82) is 0 Å². The number of sulfonamides is 1. The standard InChI is InChI=1S/C16H20N2O7S/c1-9-7-12-8-11(5-6-13(12)18(9)26(4,22)23)15(20)25-10(2)14(19)17-16(21)24-3/h5-6,8-10H,7H2,1-4H3,(H,17,19,21)/t9-,10-/m0/s1. The fraction of sp³-hybridized carbons (Fsp3) is 0.438. The zero-order valence-electron chi connectivity index (χ0n) is 14.8. The van der Waals surface area contributed by atoms with Gasteiger partial charge in [0.05, 0.1) is 24.6 Å². The SMILES string of the molecule is COC(=O)NC(=O)[C@H](C)OC(=O)c1ccc2c(c1)C[C@H](C)N2S(C)(=O)=O. The predicted molar refractivity (Wildman–Crippen MR) is 92.4 cm³/mol. The first-order valence-corrected chi connectivity index (χ1v) is 9.61. The van der Waals surface area contributed by atoms with E-state index in [1.165, 1.54) is 23.4 Å². The molecule has 0 spiro atoms. The van der Waals surface area contributed by atoms with E-state index in [9.17, 15) is 22.8 Å². The Kier molecular flexibility index (Phi) is 5.55. The lowest BCUT2D eigenvalue weighted by molar-refractivity contribution is -0.128. The molecule has 0 aliphatic carbocycles. The predicted octanol–water partition coefficient (Wildman–Crippen LogP) is 0.825. The number of amides is 2. The van der Waals surface area contributed by atoms with Gasteiger partial charge in [0.2, 0.25) is 10.0 Å². The van der Waals surface area contributed by atoms with Gasteiger partial charge >= 0.3 is 12.1 Å². The minimum absolute atomic E-state index is 0.184. The minimum atomic E-state index is -3.42. The second kappa shape index (κ2) is 7.32. The number of fused-ring (bicyclic) bond motifs is 1. The van der Waals surface area contributed by atoms with Crippen molar-refractivity contribution in [3.63, 3.8) is 0 Å². The van der Waals surface area contributed by atoms with Crippen LogP contribution in [0.4, 0.5) is 10.5 Å². The van der Waals surface area contributed by atoms with Gasteiger partial charge in [-0.3, -0.25) is 14.4 Å². The number of carbonyl (C=O) groups excluding carboxylic acids is 3. The second-order valence-electron chi connectivity index (χ2n) is 5.98. The van der Waals surface area contributed by atoms with Crippen molar-refractivity contribution in [3.8, 4) is 0 Å². The third-order valence-corrected chi connectivity index (χ3v) is 5.16. The van der Waals surface area contributed by atoms with Crippen LogP contribution >= 0.6 is 0 Å². The number of alkyl carbamates (subject to hydrolysis) is 1. The summed E-state index contributed by atoms with van der Waals surface area (Å²) in [5, 5.41) is 1.91. The fourth-order valence-electron chi connectivity index (χ4n) is 2.77. The van der Waals surface area contributed by atoms with Crippen LogP contribution in [0.2, 0.25) is 0 Å². The molecule has 2 amide bonds. The number of ether oxygens (including phenoxy) is 2. The molecule has 1 aromatic rings. The van der Waals surface area contributed by atoms with E-state index in [4.69, 9.17) is 4.74 Å². The number of hydrogen-bond donors (Lipinski definition) is 1. The molecule has 1 N–H and O–H groups in total. The molecule has 0 saturated heterocycles. The van der Waals surface area contributed by atoms with Crippen LogP contribution in [0.15, 0.2) is 18.2 Å². The highest BCUT2D eigenvalue weighted by atomic mass is 32.2. The van der Waals surface area contributed by atoms with Gasteiger partial charge in [0, 0.05) is 6.04 Å². The molecule has 0 saturated carbocycles. The quantitative estimate of drug-likeness (QED) is 0.764. The van der Waals surface area contributed by atoms with E-state index in [0.717, 1.165) is 13.4 Å². The highest BCUT2D eigenvalue weighted by Crippen LogP contribution is 2.34. The summed E-state index contributed by atoms with van der Waals surface area (Å²) in [6.45, 7) is 3.09. The van der Waals surface area contributed by atoms with Crippen LogP contribution < -0.4 is 9.62 Å². The zero-order chi connectivity index (χ0) is 19.6. The first-order chi connectivity index (χ1) is 12.0. The lowest BCUT2D eigenvalue weighted by Crippen LogP contribution is -2.39. The Bertz CT molecular complexity index is 850. The van der Waals surface area contributed by atoms with Crippen molar-refractivity contribution in [2.24, 2.45) is 0 Å². The molecule has 2 atom stereocenters. The Balaban J connectivity index is 2.14. The Morgan fingerprint density at radius 3 is 2.54 bits per heavy atom. The van der Waals surface area contributed by atoms with Gasteiger partial charge in [0.15, 0.2) is 6.10 Å². The molecule has 0 unspecified atom stereocenters. The van der Waals surface area contributed by atoms with E-state index in [0.29, 0.717) is 17.7 Å². The van der Waals surface area contributed by atoms with Crippen LogP contribution in [0.5, 0.6) is 0 Å². The van der Waals surface area contributed by atoms with Crippen molar-refractivity contribution in [2.45, 2.75) is 32.4 Å². The first kappa shape index (κ1) is 19.7. The Labute approximate surface area is 151 Å². The molecule has 10 heteroatoms. The maximum absolute atomic E-state index is 12.2. The number of rotatable bonds is 4. The monoisotopic (exact) mass is 384 g/mol. The Morgan fingerprint density at radius 1 is 1.31 bits per heavy atom. The van der Waals surface area contributed by atoms with E-state index in [-0.39, 0.29) is 11.6 Å². The summed E-state index contributed by atoms with van der Waals surface area (Å²) in [7, 11) is -2.32. The molecule has 0 fully saturated rings. The van der Waals surface area contributed by atoms with Gasteiger partial charge < -0.3 is 9.47 Å². The smallest absolute Gasteiger partial charge is 0.413 e. The summed E-state index contributed by atoms with van der Waals surface area (Å²) < 4.78 is 34.5. The Morgan fingerprint density at radius 2 is 1.96 bits per heavy atom. The number of benzene rings is 1. The van der Waals surface area contributed by atoms with E-state index in [1.807, 2.05) is 5.32 Å². The normalized spacial score (nSPS) is 17.2. The van der Waals surface area contributed by atoms with Crippen LogP contribution in [0.25, 0.3) is 0 Å². The average Bonchev–Trinajstić information content (AvgIpc) is 2.89. The molecule has 0 radical (unpaired) electrons. The fourth-order valence-corrected chi connectivity index (χ4v) is 4.03. The summed E-state index contributed by atoms with van der Waals surface area (Å²) in [6.07, 6.45) is -0.573. The van der Waals surface area contributed by atoms with Gasteiger partial charge in [-0.1, -0.05) is 0 Å². The van der Waals surface area contributed by atoms with Gasteiger partial charge in [0.1, 0.15) is 0 Å². The van der Waals surface area contributed by atoms with E-state index < -0.39 is 34.1 Å². The molecule has 1 aromatic carbocycles. The third-order valence-electron chi connectivity index (χ3n) is 3.89. The molecule has 1 heterocycles. The van der Waals surface area contributed by atoms with Crippen molar-refractivity contribution in [3.05, 3.63) is 29.3 Å². The lowest BCUT2D eigenvalue weighted by atomic mass is 10.1. The third kappa shape index (κ3) is 4.13. The number of methoxy groups -OCH3 is 1. The van der Waals surface area contributed by atoms with Crippen LogP contribution in [0, 0.1) is 0 Å². The molecule has 0 aromatic heterocycles. The maximum atomic E-state index is 12.2. The summed E-state index contributed by atoms with van der Waals surface area (Å²) in [4.78, 5) is 34.9. The van der Waals surface area contributed by atoms with Gasteiger partial charge in [-0.25, -0.2) is 18.0 Å². The Hall–Kier alpha value is -2.62. The van der Waals surface area contributed by atoms with E-state index >= 15 is 0 Å². The number of anilines is 1. The number of imide groups is 1. The second-order valence-corrected chi connectivity index (χ2v) is 7.84. The van der Waals surface area contributed by atoms with Gasteiger partial charge in [-0.15, -0.1) is 0 Å². The van der Waals surface area contributed by atoms with Crippen molar-refractivity contribution >= 4 is 33.7 Å². The molecular formula is C16H20N2O7S. The molecule has 2 rings (SSSR count). The van der Waals surface area contributed by atoms with E-state index in [1.54, 1.807) is 13.0 Å². The maximum Gasteiger partial charge on any atom is 0.413 e. The van der Waals surface area contributed by atoms with Crippen LogP contribution in [-0.2, 0) is 30.7 Å². The summed E-state index contributed by atoms with van der Waals surface area (Å²) in [5.41, 5.74) is 1.40. The van der Waals surface area contributed by atoms with Crippen molar-refractivity contribution < 1.29 is 32.3 Å². The highest BCUT2D eigenvalue weighted by Gasteiger charge is 2.33. The molecular weight excluding hydrogens is 364 g/mol. The van der Waals surface area contributed by atoms with Crippen LogP contribution in [0.1, 0.15) is 29.8 Å². The number of esters is 1. The number of nitrogens with one attached hydrogen (secondary N) is 1.